The van der Waals surface area contributed by atoms with Crippen molar-refractivity contribution in [2.45, 2.75) is 51.6 Å². The molecule has 0 aliphatic carbocycles. The molecule has 0 aliphatic rings. The molecule has 2 unspecified atom stereocenters. The van der Waals surface area contributed by atoms with Crippen LogP contribution in [0.2, 0.25) is 5.54 Å². The Morgan fingerprint density at radius 2 is 1.50 bits per heavy atom. The highest BCUT2D eigenvalue weighted by molar-refractivity contribution is 6.62. The van der Waals surface area contributed by atoms with E-state index in [-0.39, 0.29) is 11.6 Å². The quantitative estimate of drug-likeness (QED) is 0.532. The van der Waals surface area contributed by atoms with Gasteiger partial charge in [0, 0.05) is 31.4 Å². The zero-order valence-corrected chi connectivity index (χ0v) is 16.4. The number of hydrogen-bond acceptors (Lipinski definition) is 5. The zero-order valence-electron chi connectivity index (χ0n) is 15.4. The van der Waals surface area contributed by atoms with Crippen LogP contribution in [0.15, 0.2) is 30.3 Å². The smallest absolute Gasteiger partial charge is 0.374 e. The minimum absolute atomic E-state index is 0.0252. The summed E-state index contributed by atoms with van der Waals surface area (Å²) in [5.74, 6) is 0. The molecule has 0 saturated heterocycles. The number of benzene rings is 1. The lowest BCUT2D eigenvalue weighted by atomic mass is 10.0. The standard InChI is InChI=1S/C18H34N2O3Si/c1-4-21-24(22-5-2,23-6-3)18(12-13-19)15-17(20)14-16-10-8-7-9-11-16/h7-11,17-18H,4-6,12-15,19-20H2,1-3H3. The van der Waals surface area contributed by atoms with Crippen LogP contribution in [0.25, 0.3) is 0 Å². The van der Waals surface area contributed by atoms with Crippen LogP contribution in [0.1, 0.15) is 39.2 Å². The lowest BCUT2D eigenvalue weighted by molar-refractivity contribution is 0.0580. The topological polar surface area (TPSA) is 79.7 Å². The Kier molecular flexibility index (Phi) is 10.4. The van der Waals surface area contributed by atoms with Gasteiger partial charge in [0.05, 0.1) is 0 Å². The van der Waals surface area contributed by atoms with Gasteiger partial charge in [0.1, 0.15) is 0 Å². The van der Waals surface area contributed by atoms with E-state index in [1.54, 1.807) is 0 Å². The van der Waals surface area contributed by atoms with Crippen molar-refractivity contribution in [3.05, 3.63) is 35.9 Å². The lowest BCUT2D eigenvalue weighted by Gasteiger charge is -2.36. The van der Waals surface area contributed by atoms with Gasteiger partial charge in [-0.1, -0.05) is 30.3 Å². The van der Waals surface area contributed by atoms with Crippen molar-refractivity contribution in [1.29, 1.82) is 0 Å². The van der Waals surface area contributed by atoms with Gasteiger partial charge in [0.15, 0.2) is 0 Å². The Bertz CT molecular complexity index is 417. The van der Waals surface area contributed by atoms with E-state index in [2.05, 4.69) is 12.1 Å². The van der Waals surface area contributed by atoms with Gasteiger partial charge in [-0.2, -0.15) is 0 Å². The van der Waals surface area contributed by atoms with Gasteiger partial charge < -0.3 is 24.7 Å². The van der Waals surface area contributed by atoms with E-state index in [9.17, 15) is 0 Å². The molecule has 0 heterocycles. The summed E-state index contributed by atoms with van der Waals surface area (Å²) < 4.78 is 18.2. The van der Waals surface area contributed by atoms with Crippen LogP contribution in [-0.4, -0.2) is 41.2 Å². The van der Waals surface area contributed by atoms with Gasteiger partial charge >= 0.3 is 8.80 Å². The molecule has 0 bridgehead atoms. The van der Waals surface area contributed by atoms with Crippen molar-refractivity contribution in [2.75, 3.05) is 26.4 Å². The summed E-state index contributed by atoms with van der Waals surface area (Å²) in [7, 11) is -2.79. The van der Waals surface area contributed by atoms with Gasteiger partial charge in [-0.05, 0) is 52.1 Å². The van der Waals surface area contributed by atoms with Crippen molar-refractivity contribution in [3.8, 4) is 0 Å². The molecule has 2 atom stereocenters. The fourth-order valence-electron chi connectivity index (χ4n) is 3.09. The molecule has 0 aromatic heterocycles. The van der Waals surface area contributed by atoms with E-state index in [4.69, 9.17) is 24.7 Å². The van der Waals surface area contributed by atoms with Crippen LogP contribution in [0.5, 0.6) is 0 Å². The first kappa shape index (κ1) is 21.3. The third-order valence-electron chi connectivity index (χ3n) is 3.98. The lowest BCUT2D eigenvalue weighted by Crippen LogP contribution is -2.52. The molecule has 6 heteroatoms. The van der Waals surface area contributed by atoms with Crippen molar-refractivity contribution in [3.63, 3.8) is 0 Å². The van der Waals surface area contributed by atoms with Crippen molar-refractivity contribution >= 4 is 8.80 Å². The molecule has 0 spiro atoms. The minimum atomic E-state index is -2.79. The molecule has 1 aromatic carbocycles. The molecule has 1 rings (SSSR count). The second-order valence-electron chi connectivity index (χ2n) is 5.86. The van der Waals surface area contributed by atoms with E-state index >= 15 is 0 Å². The Balaban J connectivity index is 2.86. The Labute approximate surface area is 148 Å². The van der Waals surface area contributed by atoms with E-state index < -0.39 is 8.80 Å². The van der Waals surface area contributed by atoms with Crippen molar-refractivity contribution < 1.29 is 13.3 Å². The summed E-state index contributed by atoms with van der Waals surface area (Å²) in [4.78, 5) is 0. The average molecular weight is 355 g/mol. The second kappa shape index (κ2) is 11.7. The molecule has 0 radical (unpaired) electrons. The summed E-state index contributed by atoms with van der Waals surface area (Å²) in [6.45, 7) is 8.21. The predicted octanol–water partition coefficient (Wildman–Crippen LogP) is 2.71. The van der Waals surface area contributed by atoms with Gasteiger partial charge in [0.25, 0.3) is 0 Å². The molecule has 0 saturated carbocycles. The Hall–Kier alpha value is -0.763. The summed E-state index contributed by atoms with van der Waals surface area (Å²) in [6.07, 6.45) is 2.42. The van der Waals surface area contributed by atoms with Crippen molar-refractivity contribution in [1.82, 2.24) is 0 Å². The monoisotopic (exact) mass is 354 g/mol. The van der Waals surface area contributed by atoms with Gasteiger partial charge in [-0.15, -0.1) is 0 Å². The zero-order chi connectivity index (χ0) is 17.8. The van der Waals surface area contributed by atoms with E-state index in [0.29, 0.717) is 26.4 Å². The maximum atomic E-state index is 6.44. The summed E-state index contributed by atoms with van der Waals surface area (Å²) in [5.41, 5.74) is 13.7. The van der Waals surface area contributed by atoms with E-state index in [1.807, 2.05) is 39.0 Å². The number of rotatable bonds is 13. The molecule has 0 fully saturated rings. The first-order valence-corrected chi connectivity index (χ1v) is 10.8. The number of nitrogens with two attached hydrogens (primary N) is 2. The first-order valence-electron chi connectivity index (χ1n) is 9.03. The third kappa shape index (κ3) is 6.62. The highest BCUT2D eigenvalue weighted by Gasteiger charge is 2.48. The van der Waals surface area contributed by atoms with Crippen LogP contribution >= 0.6 is 0 Å². The molecule has 5 nitrogen and oxygen atoms in total. The molecular weight excluding hydrogens is 320 g/mol. The molecule has 4 N–H and O–H groups in total. The summed E-state index contributed by atoms with van der Waals surface area (Å²) >= 11 is 0. The first-order chi connectivity index (χ1) is 11.6. The van der Waals surface area contributed by atoms with Crippen LogP contribution < -0.4 is 11.5 Å². The third-order valence-corrected chi connectivity index (χ3v) is 7.58. The van der Waals surface area contributed by atoms with Crippen LogP contribution in [0.3, 0.4) is 0 Å². The van der Waals surface area contributed by atoms with Crippen LogP contribution in [0.4, 0.5) is 0 Å². The Morgan fingerprint density at radius 1 is 0.958 bits per heavy atom. The van der Waals surface area contributed by atoms with Crippen molar-refractivity contribution in [2.24, 2.45) is 11.5 Å². The highest BCUT2D eigenvalue weighted by atomic mass is 28.4. The molecule has 0 aliphatic heterocycles. The SMILES string of the molecule is CCO[Si](OCC)(OCC)C(CCN)CC(N)Cc1ccccc1. The minimum Gasteiger partial charge on any atom is -0.374 e. The van der Waals surface area contributed by atoms with Crippen LogP contribution in [-0.2, 0) is 19.7 Å². The van der Waals surface area contributed by atoms with E-state index in [0.717, 1.165) is 19.3 Å². The number of hydrogen-bond donors (Lipinski definition) is 2. The molecule has 0 amide bonds. The molecule has 1 aromatic rings. The fourth-order valence-corrected chi connectivity index (χ4v) is 6.36. The van der Waals surface area contributed by atoms with E-state index in [1.165, 1.54) is 5.56 Å². The largest absolute Gasteiger partial charge is 0.504 e. The molecule has 138 valence electrons. The normalized spacial score (nSPS) is 14.5. The summed E-state index contributed by atoms with van der Waals surface area (Å²) in [6, 6.07) is 10.3. The maximum absolute atomic E-state index is 6.44. The predicted molar refractivity (Wildman–Crippen MR) is 101 cm³/mol. The second-order valence-corrected chi connectivity index (χ2v) is 8.75. The highest BCUT2D eigenvalue weighted by Crippen LogP contribution is 2.33. The van der Waals surface area contributed by atoms with Gasteiger partial charge in [-0.3, -0.25) is 0 Å². The maximum Gasteiger partial charge on any atom is 0.504 e. The van der Waals surface area contributed by atoms with Gasteiger partial charge in [0.2, 0.25) is 0 Å². The molecular formula is C18H34N2O3Si. The Morgan fingerprint density at radius 3 is 1.96 bits per heavy atom. The van der Waals surface area contributed by atoms with Gasteiger partial charge in [-0.25, -0.2) is 0 Å². The average Bonchev–Trinajstić information content (AvgIpc) is 2.56. The summed E-state index contributed by atoms with van der Waals surface area (Å²) in [5, 5.41) is 0. The molecule has 24 heavy (non-hydrogen) atoms. The van der Waals surface area contributed by atoms with Crippen LogP contribution in [0, 0.1) is 0 Å². The fraction of sp³-hybridized carbons (Fsp3) is 0.667.